The summed E-state index contributed by atoms with van der Waals surface area (Å²) in [6, 6.07) is 0.384. The van der Waals surface area contributed by atoms with Crippen molar-refractivity contribution in [1.29, 1.82) is 0 Å². The molecular weight excluding hydrogens is 258 g/mol. The Bertz CT molecular complexity index is 454. The lowest BCUT2D eigenvalue weighted by molar-refractivity contribution is -0.141. The molecule has 1 heterocycles. The van der Waals surface area contributed by atoms with Crippen LogP contribution in [0.1, 0.15) is 39.0 Å². The minimum Gasteiger partial charge on any atom is -0.368 e. The van der Waals surface area contributed by atoms with Crippen LogP contribution in [-0.4, -0.2) is 40.7 Å². The van der Waals surface area contributed by atoms with E-state index in [9.17, 15) is 14.4 Å². The van der Waals surface area contributed by atoms with E-state index >= 15 is 0 Å². The highest BCUT2D eigenvalue weighted by Crippen LogP contribution is 2.47. The van der Waals surface area contributed by atoms with Crippen LogP contribution in [0.5, 0.6) is 0 Å². The molecule has 1 aliphatic heterocycles. The first kappa shape index (κ1) is 13.5. The molecule has 3 N–H and O–H groups in total. The third-order valence-electron chi connectivity index (χ3n) is 4.66. The van der Waals surface area contributed by atoms with Crippen molar-refractivity contribution in [3.05, 3.63) is 0 Å². The fourth-order valence-corrected chi connectivity index (χ4v) is 3.01. The maximum absolute atomic E-state index is 11.8. The second-order valence-corrected chi connectivity index (χ2v) is 6.50. The molecule has 0 bridgehead atoms. The van der Waals surface area contributed by atoms with Gasteiger partial charge in [-0.05, 0) is 39.0 Å². The first-order chi connectivity index (χ1) is 9.42. The summed E-state index contributed by atoms with van der Waals surface area (Å²) in [4.78, 5) is 36.6. The van der Waals surface area contributed by atoms with Gasteiger partial charge in [0.1, 0.15) is 0 Å². The van der Waals surface area contributed by atoms with Crippen molar-refractivity contribution in [3.8, 4) is 0 Å². The van der Waals surface area contributed by atoms with Crippen LogP contribution in [-0.2, 0) is 14.4 Å². The van der Waals surface area contributed by atoms with Gasteiger partial charge in [-0.25, -0.2) is 0 Å². The van der Waals surface area contributed by atoms with Crippen molar-refractivity contribution in [2.24, 2.45) is 17.6 Å². The average Bonchev–Trinajstić information content (AvgIpc) is 3.25. The molecule has 1 saturated heterocycles. The highest BCUT2D eigenvalue weighted by atomic mass is 16.2. The van der Waals surface area contributed by atoms with E-state index in [2.05, 4.69) is 5.32 Å². The number of nitrogens with zero attached hydrogens (tertiary/aromatic N) is 1. The molecular formula is C14H21N3O3. The number of rotatable bonds is 7. The van der Waals surface area contributed by atoms with Crippen LogP contribution in [0.3, 0.4) is 0 Å². The van der Waals surface area contributed by atoms with Gasteiger partial charge in [0, 0.05) is 12.6 Å². The SMILES string of the molecule is CC(CCCN1C(=O)C2CC2C1=O)(NC1CC1)C(N)=O. The molecule has 2 aliphatic carbocycles. The molecule has 6 nitrogen and oxygen atoms in total. The van der Waals surface area contributed by atoms with Crippen LogP contribution < -0.4 is 11.1 Å². The number of amides is 3. The molecule has 0 radical (unpaired) electrons. The van der Waals surface area contributed by atoms with Crippen molar-refractivity contribution in [2.45, 2.75) is 50.6 Å². The number of hydrogen-bond acceptors (Lipinski definition) is 4. The third-order valence-corrected chi connectivity index (χ3v) is 4.66. The standard InChI is InChI=1S/C14H21N3O3/c1-14(13(15)20,16-8-3-4-8)5-2-6-17-11(18)9-7-10(9)12(17)19/h8-10,16H,2-7H2,1H3,(H2,15,20). The number of nitrogens with one attached hydrogen (secondary N) is 1. The number of carbonyl (C=O) groups excluding carboxylic acids is 3. The molecule has 20 heavy (non-hydrogen) atoms. The Hall–Kier alpha value is -1.43. The van der Waals surface area contributed by atoms with Gasteiger partial charge in [-0.1, -0.05) is 0 Å². The quantitative estimate of drug-likeness (QED) is 0.629. The van der Waals surface area contributed by atoms with Crippen LogP contribution in [0.2, 0.25) is 0 Å². The van der Waals surface area contributed by atoms with E-state index in [0.29, 0.717) is 25.4 Å². The number of fused-ring (bicyclic) bond motifs is 1. The molecule has 3 amide bonds. The normalized spacial score (nSPS) is 31.1. The zero-order valence-electron chi connectivity index (χ0n) is 11.7. The van der Waals surface area contributed by atoms with Crippen LogP contribution in [0.25, 0.3) is 0 Å². The number of likely N-dealkylation sites (tertiary alicyclic amines) is 1. The highest BCUT2D eigenvalue weighted by molar-refractivity contribution is 6.08. The summed E-state index contributed by atoms with van der Waals surface area (Å²) in [5, 5.41) is 3.27. The maximum Gasteiger partial charge on any atom is 0.237 e. The van der Waals surface area contributed by atoms with E-state index in [0.717, 1.165) is 19.3 Å². The first-order valence-electron chi connectivity index (χ1n) is 7.35. The number of imide groups is 1. The van der Waals surface area contributed by atoms with Gasteiger partial charge in [-0.2, -0.15) is 0 Å². The number of hydrogen-bond donors (Lipinski definition) is 2. The number of nitrogens with two attached hydrogens (primary N) is 1. The molecule has 0 aromatic heterocycles. The van der Waals surface area contributed by atoms with Crippen LogP contribution in [0, 0.1) is 11.8 Å². The van der Waals surface area contributed by atoms with E-state index in [-0.39, 0.29) is 29.6 Å². The average molecular weight is 279 g/mol. The van der Waals surface area contributed by atoms with E-state index in [1.54, 1.807) is 6.92 Å². The Morgan fingerprint density at radius 2 is 1.95 bits per heavy atom. The minimum atomic E-state index is -0.740. The van der Waals surface area contributed by atoms with Crippen molar-refractivity contribution in [2.75, 3.05) is 6.54 Å². The van der Waals surface area contributed by atoms with E-state index in [1.807, 2.05) is 0 Å². The monoisotopic (exact) mass is 279 g/mol. The molecule has 110 valence electrons. The summed E-state index contributed by atoms with van der Waals surface area (Å²) in [6.07, 6.45) is 4.04. The zero-order chi connectivity index (χ0) is 14.5. The van der Waals surface area contributed by atoms with Crippen LogP contribution in [0.4, 0.5) is 0 Å². The molecule has 2 saturated carbocycles. The van der Waals surface area contributed by atoms with Gasteiger partial charge in [0.15, 0.2) is 0 Å². The number of primary amides is 1. The number of piperidine rings is 1. The van der Waals surface area contributed by atoms with Crippen LogP contribution in [0.15, 0.2) is 0 Å². The van der Waals surface area contributed by atoms with E-state index in [1.165, 1.54) is 4.90 Å². The summed E-state index contributed by atoms with van der Waals surface area (Å²) in [6.45, 7) is 2.21. The summed E-state index contributed by atoms with van der Waals surface area (Å²) in [5.41, 5.74) is 4.74. The van der Waals surface area contributed by atoms with Crippen LogP contribution >= 0.6 is 0 Å². The third kappa shape index (κ3) is 2.32. The Labute approximate surface area is 118 Å². The maximum atomic E-state index is 11.8. The van der Waals surface area contributed by atoms with Gasteiger partial charge >= 0.3 is 0 Å². The predicted octanol–water partition coefficient (Wildman–Crippen LogP) is -0.232. The zero-order valence-corrected chi connectivity index (χ0v) is 11.7. The lowest BCUT2D eigenvalue weighted by Gasteiger charge is -2.28. The van der Waals surface area contributed by atoms with Crippen molar-refractivity contribution in [3.63, 3.8) is 0 Å². The molecule has 3 rings (SSSR count). The summed E-state index contributed by atoms with van der Waals surface area (Å²) in [5.74, 6) is -0.526. The van der Waals surface area contributed by atoms with Crippen molar-refractivity contribution < 1.29 is 14.4 Å². The first-order valence-corrected chi connectivity index (χ1v) is 7.35. The van der Waals surface area contributed by atoms with E-state index < -0.39 is 5.54 Å². The van der Waals surface area contributed by atoms with Gasteiger partial charge in [0.05, 0.1) is 17.4 Å². The van der Waals surface area contributed by atoms with Crippen molar-refractivity contribution >= 4 is 17.7 Å². The van der Waals surface area contributed by atoms with Crippen molar-refractivity contribution in [1.82, 2.24) is 10.2 Å². The van der Waals surface area contributed by atoms with Gasteiger partial charge < -0.3 is 11.1 Å². The molecule has 0 aromatic carbocycles. The van der Waals surface area contributed by atoms with E-state index in [4.69, 9.17) is 5.73 Å². The topological polar surface area (TPSA) is 92.5 Å². The summed E-state index contributed by atoms with van der Waals surface area (Å²) >= 11 is 0. The fourth-order valence-electron chi connectivity index (χ4n) is 3.01. The van der Waals surface area contributed by atoms with Gasteiger partial charge in [-0.3, -0.25) is 19.3 Å². The Balaban J connectivity index is 1.51. The minimum absolute atomic E-state index is 0.0315. The Morgan fingerprint density at radius 1 is 1.35 bits per heavy atom. The lowest BCUT2D eigenvalue weighted by atomic mass is 9.94. The number of carbonyl (C=O) groups is 3. The Morgan fingerprint density at radius 3 is 2.45 bits per heavy atom. The fraction of sp³-hybridized carbons (Fsp3) is 0.786. The smallest absolute Gasteiger partial charge is 0.237 e. The molecule has 3 aliphatic rings. The van der Waals surface area contributed by atoms with Gasteiger partial charge in [0.25, 0.3) is 0 Å². The second-order valence-electron chi connectivity index (χ2n) is 6.50. The highest BCUT2D eigenvalue weighted by Gasteiger charge is 2.58. The predicted molar refractivity (Wildman–Crippen MR) is 71.3 cm³/mol. The molecule has 3 unspecified atom stereocenters. The molecule has 0 aromatic rings. The lowest BCUT2D eigenvalue weighted by Crippen LogP contribution is -2.54. The van der Waals surface area contributed by atoms with Gasteiger partial charge in [0.2, 0.25) is 17.7 Å². The molecule has 6 heteroatoms. The largest absolute Gasteiger partial charge is 0.368 e. The Kier molecular flexibility index (Phi) is 3.08. The molecule has 3 fully saturated rings. The van der Waals surface area contributed by atoms with Gasteiger partial charge in [-0.15, -0.1) is 0 Å². The molecule has 3 atom stereocenters. The summed E-state index contributed by atoms with van der Waals surface area (Å²) < 4.78 is 0. The molecule has 0 spiro atoms. The second kappa shape index (κ2) is 4.55. The summed E-state index contributed by atoms with van der Waals surface area (Å²) in [7, 11) is 0.